The van der Waals surface area contributed by atoms with Crippen molar-refractivity contribution in [3.8, 4) is 0 Å². The molecule has 0 N–H and O–H groups in total. The molecule has 0 aromatic rings. The van der Waals surface area contributed by atoms with Gasteiger partial charge in [-0.1, -0.05) is 0 Å². The Morgan fingerprint density at radius 2 is 0.800 bits per heavy atom. The van der Waals surface area contributed by atoms with E-state index in [9.17, 15) is 10.5 Å². The summed E-state index contributed by atoms with van der Waals surface area (Å²) in [7, 11) is 0. The van der Waals surface area contributed by atoms with Gasteiger partial charge in [0.1, 0.15) is 0 Å². The van der Waals surface area contributed by atoms with Gasteiger partial charge >= 0.3 is 33.2 Å². The first kappa shape index (κ1) is 5.60. The van der Waals surface area contributed by atoms with Gasteiger partial charge in [-0.25, -0.2) is 0 Å². The molecule has 0 rings (SSSR count). The normalized spacial score (nSPS) is 15.2. The monoisotopic (exact) mass is 285 g/mol. The summed E-state index contributed by atoms with van der Waals surface area (Å²) in [6, 6.07) is 0. The minimum absolute atomic E-state index is 7.22. The summed E-state index contributed by atoms with van der Waals surface area (Å²) in [5.74, 6) is 0. The van der Waals surface area contributed by atoms with Crippen molar-refractivity contribution in [2.45, 2.75) is 0 Å². The van der Waals surface area contributed by atoms with Gasteiger partial charge in [0.05, 0.1) is 0 Å². The van der Waals surface area contributed by atoms with Gasteiger partial charge in [0, 0.05) is 0 Å². The van der Waals surface area contributed by atoms with Crippen molar-refractivity contribution < 1.29 is 10.5 Å². The van der Waals surface area contributed by atoms with E-state index in [1.807, 2.05) is 0 Å². The Labute approximate surface area is 33.7 Å². The number of hydrogen-bond donors (Lipinski definition) is 0. The van der Waals surface area contributed by atoms with E-state index in [0.717, 1.165) is 0 Å². The predicted octanol–water partition coefficient (Wildman–Crippen LogP) is 1.30. The third-order valence-corrected chi connectivity index (χ3v) is 0. The van der Waals surface area contributed by atoms with Crippen molar-refractivity contribution >= 4 is 22.7 Å². The van der Waals surface area contributed by atoms with Crippen LogP contribution in [0.1, 0.15) is 0 Å². The molecule has 34 valence electrons. The quantitative estimate of drug-likeness (QED) is 0.465. The fourth-order valence-corrected chi connectivity index (χ4v) is 0. The summed E-state index contributed by atoms with van der Waals surface area (Å²) in [6.07, 6.45) is 0. The van der Waals surface area contributed by atoms with Crippen molar-refractivity contribution in [1.82, 2.24) is 0 Å². The molecule has 0 unspecified atom stereocenters. The molecular formula is BiF4-. The van der Waals surface area contributed by atoms with E-state index < -0.39 is 22.7 Å². The average Bonchev–Trinajstić information content (AvgIpc) is 0.722. The van der Waals surface area contributed by atoms with Gasteiger partial charge in [-0.05, 0) is 0 Å². The Bertz CT molecular complexity index is 19.1. The third-order valence-electron chi connectivity index (χ3n) is 0. The van der Waals surface area contributed by atoms with E-state index in [-0.39, 0.29) is 0 Å². The second-order valence-electron chi connectivity index (χ2n) is 0.383. The van der Waals surface area contributed by atoms with E-state index in [2.05, 4.69) is 0 Å². The Kier molecular flexibility index (Phi) is 1.54. The van der Waals surface area contributed by atoms with Crippen molar-refractivity contribution in [2.24, 2.45) is 0 Å². The zero-order valence-electron chi connectivity index (χ0n) is 1.96. The Morgan fingerprint density at radius 1 is 0.800 bits per heavy atom. The zero-order chi connectivity index (χ0) is 4.50. The molecule has 0 aliphatic rings. The molecule has 5 heavy (non-hydrogen) atoms. The van der Waals surface area contributed by atoms with Crippen LogP contribution in [0.5, 0.6) is 0 Å². The Hall–Kier alpha value is 0.603. The first-order valence-electron chi connectivity index (χ1n) is 0.676. The molecule has 0 bridgehead atoms. The van der Waals surface area contributed by atoms with E-state index in [1.165, 1.54) is 0 Å². The van der Waals surface area contributed by atoms with Crippen LogP contribution in [0, 0.1) is 0 Å². The summed E-state index contributed by atoms with van der Waals surface area (Å²) in [6.45, 7) is 0. The van der Waals surface area contributed by atoms with Crippen LogP contribution < -0.4 is 0 Å². The minimum atomic E-state index is -7.22. The van der Waals surface area contributed by atoms with E-state index in [0.29, 0.717) is 0 Å². The third kappa shape index (κ3) is 85.8. The second-order valence-corrected chi connectivity index (χ2v) is 3.36. The second kappa shape index (κ2) is 1.37. The molecule has 0 heterocycles. The molecule has 0 spiro atoms. The zero-order valence-corrected chi connectivity index (χ0v) is 5.44. The molecular weight excluding hydrogens is 285 g/mol. The standard InChI is InChI=1S/Bi.4FH/h;4*1H/q+3;;;;/p-4. The predicted molar refractivity (Wildman–Crippen MR) is 10.2 cm³/mol. The van der Waals surface area contributed by atoms with E-state index >= 15 is 0 Å². The average molecular weight is 285 g/mol. The van der Waals surface area contributed by atoms with Gasteiger partial charge in [-0.15, -0.1) is 0 Å². The Morgan fingerprint density at radius 3 is 0.800 bits per heavy atom. The maximum absolute atomic E-state index is 9.90. The fourth-order valence-electron chi connectivity index (χ4n) is 0. The first-order valence-corrected chi connectivity index (χ1v) is 5.93. The van der Waals surface area contributed by atoms with Crippen LogP contribution in [-0.2, 0) is 0 Å². The van der Waals surface area contributed by atoms with Crippen molar-refractivity contribution in [1.29, 1.82) is 0 Å². The topological polar surface area (TPSA) is 0 Å². The van der Waals surface area contributed by atoms with Gasteiger partial charge in [-0.2, -0.15) is 0 Å². The molecule has 0 amide bonds. The molecule has 0 nitrogen and oxygen atoms in total. The van der Waals surface area contributed by atoms with Crippen LogP contribution >= 0.6 is 0 Å². The molecule has 0 atom stereocenters. The van der Waals surface area contributed by atoms with Crippen LogP contribution in [0.2, 0.25) is 0 Å². The van der Waals surface area contributed by atoms with Crippen molar-refractivity contribution in [3.63, 3.8) is 0 Å². The van der Waals surface area contributed by atoms with Crippen LogP contribution in [0.3, 0.4) is 0 Å². The SMILES string of the molecule is [F][Bi-]([F])([F])[F]. The summed E-state index contributed by atoms with van der Waals surface area (Å²) in [5.41, 5.74) is 0. The number of rotatable bonds is 0. The maximum atomic E-state index is 9.90. The van der Waals surface area contributed by atoms with Gasteiger partial charge in [0.15, 0.2) is 0 Å². The van der Waals surface area contributed by atoms with Gasteiger partial charge in [0.2, 0.25) is 0 Å². The van der Waals surface area contributed by atoms with Crippen LogP contribution in [0.4, 0.5) is 10.5 Å². The summed E-state index contributed by atoms with van der Waals surface area (Å²) < 4.78 is 39.6. The number of halogens is 4. The van der Waals surface area contributed by atoms with Crippen LogP contribution in [-0.4, -0.2) is 22.7 Å². The van der Waals surface area contributed by atoms with E-state index in [4.69, 9.17) is 0 Å². The van der Waals surface area contributed by atoms with E-state index in [1.54, 1.807) is 0 Å². The van der Waals surface area contributed by atoms with Crippen molar-refractivity contribution in [3.05, 3.63) is 0 Å². The molecule has 0 radical (unpaired) electrons. The first-order chi connectivity index (χ1) is 2.00. The summed E-state index contributed by atoms with van der Waals surface area (Å²) >= 11 is -7.22. The number of hydrogen-bond acceptors (Lipinski definition) is 0. The molecule has 0 aliphatic heterocycles. The molecule has 0 saturated heterocycles. The summed E-state index contributed by atoms with van der Waals surface area (Å²) in [4.78, 5) is 0. The van der Waals surface area contributed by atoms with Crippen molar-refractivity contribution in [2.75, 3.05) is 0 Å². The fraction of sp³-hybridized carbons (Fsp3) is 0. The molecule has 5 heteroatoms. The Balaban J connectivity index is 3.02. The molecule has 0 saturated carbocycles. The molecule has 0 aliphatic carbocycles. The van der Waals surface area contributed by atoms with Gasteiger partial charge in [0.25, 0.3) is 0 Å². The molecule has 0 aromatic heterocycles. The van der Waals surface area contributed by atoms with Gasteiger partial charge in [-0.3, -0.25) is 0 Å². The van der Waals surface area contributed by atoms with Crippen LogP contribution in [0.15, 0.2) is 0 Å². The molecule has 0 aromatic carbocycles. The van der Waals surface area contributed by atoms with Gasteiger partial charge < -0.3 is 0 Å². The summed E-state index contributed by atoms with van der Waals surface area (Å²) in [5, 5.41) is 0. The molecule has 0 fully saturated rings. The van der Waals surface area contributed by atoms with Crippen LogP contribution in [0.25, 0.3) is 0 Å².